The number of phenolic OH excluding ortho intramolecular Hbond substituents is 1. The first kappa shape index (κ1) is 26.2. The number of thiazole rings is 1. The molecule has 1 heterocycles. The van der Waals surface area contributed by atoms with E-state index < -0.39 is 17.6 Å². The van der Waals surface area contributed by atoms with Gasteiger partial charge < -0.3 is 10.4 Å². The summed E-state index contributed by atoms with van der Waals surface area (Å²) in [6.45, 7) is 0. The number of carbonyl (C=O) groups is 1. The Labute approximate surface area is 233 Å². The van der Waals surface area contributed by atoms with E-state index in [1.54, 1.807) is 6.21 Å². The number of rotatable bonds is 6. The number of benzene rings is 3. The van der Waals surface area contributed by atoms with Crippen molar-refractivity contribution in [1.82, 2.24) is 4.98 Å². The third kappa shape index (κ3) is 6.86. The zero-order chi connectivity index (χ0) is 25.2. The van der Waals surface area contributed by atoms with Crippen LogP contribution < -0.4 is 5.32 Å². The number of aliphatic imine (C=N–C) groups is 1. The van der Waals surface area contributed by atoms with E-state index >= 15 is 0 Å². The van der Waals surface area contributed by atoms with Gasteiger partial charge in [0.2, 0.25) is 5.91 Å². The Morgan fingerprint density at radius 3 is 2.74 bits per heavy atom. The predicted octanol–water partition coefficient (Wildman–Crippen LogP) is 7.71. The molecule has 180 valence electrons. The maximum Gasteiger partial charge on any atom is 0.416 e. The molecule has 0 aliphatic heterocycles. The lowest BCUT2D eigenvalue weighted by Gasteiger charge is -2.09. The van der Waals surface area contributed by atoms with Crippen LogP contribution >= 0.6 is 68.3 Å². The Hall–Kier alpha value is -1.91. The number of aromatic nitrogens is 1. The minimum atomic E-state index is -4.47. The summed E-state index contributed by atoms with van der Waals surface area (Å²) in [5.41, 5.74) is 1.33. The van der Waals surface area contributed by atoms with E-state index in [-0.39, 0.29) is 17.2 Å². The Balaban J connectivity index is 1.41. The first-order valence-corrected chi connectivity index (χ1v) is 13.8. The van der Waals surface area contributed by atoms with Crippen LogP contribution in [0.3, 0.4) is 0 Å². The molecule has 0 fully saturated rings. The molecule has 0 bridgehead atoms. The van der Waals surface area contributed by atoms with Gasteiger partial charge in [-0.2, -0.15) is 13.2 Å². The standard InChI is InChI=1S/C23H14F3I2N3O2S2/c24-23(25,26)13-2-1-3-16(7-13)30-20(32)11-34-22-31-18-5-4-15(9-19(18)35-22)29-10-12-6-14(27)8-17(28)21(12)33/h1-10,33H,11H2,(H,30,32). The summed E-state index contributed by atoms with van der Waals surface area (Å²) in [6.07, 6.45) is -2.87. The first-order valence-electron chi connectivity index (χ1n) is 9.81. The van der Waals surface area contributed by atoms with Gasteiger partial charge in [-0.05, 0) is 93.7 Å². The molecule has 35 heavy (non-hydrogen) atoms. The molecule has 4 rings (SSSR count). The van der Waals surface area contributed by atoms with Gasteiger partial charge in [-0.15, -0.1) is 11.3 Å². The summed E-state index contributed by atoms with van der Waals surface area (Å²) in [7, 11) is 0. The number of alkyl halides is 3. The molecule has 0 aliphatic carbocycles. The van der Waals surface area contributed by atoms with Gasteiger partial charge in [-0.25, -0.2) is 4.98 Å². The molecule has 0 aliphatic rings. The van der Waals surface area contributed by atoms with Crippen molar-refractivity contribution in [3.8, 4) is 5.75 Å². The van der Waals surface area contributed by atoms with E-state index in [9.17, 15) is 23.1 Å². The number of phenols is 1. The van der Waals surface area contributed by atoms with Crippen molar-refractivity contribution in [3.05, 3.63) is 72.9 Å². The van der Waals surface area contributed by atoms with E-state index in [0.717, 1.165) is 29.5 Å². The Morgan fingerprint density at radius 1 is 1.17 bits per heavy atom. The molecule has 3 aromatic carbocycles. The molecular weight excluding hydrogens is 725 g/mol. The number of nitrogens with zero attached hydrogens (tertiary/aromatic N) is 2. The maximum atomic E-state index is 12.8. The number of hydrogen-bond donors (Lipinski definition) is 2. The van der Waals surface area contributed by atoms with Crippen LogP contribution in [0, 0.1) is 7.14 Å². The number of thioether (sulfide) groups is 1. The van der Waals surface area contributed by atoms with Crippen LogP contribution in [0.5, 0.6) is 5.75 Å². The van der Waals surface area contributed by atoms with Crippen molar-refractivity contribution >= 4 is 102 Å². The fraction of sp³-hybridized carbons (Fsp3) is 0.0870. The van der Waals surface area contributed by atoms with Gasteiger partial charge >= 0.3 is 6.18 Å². The number of hydrogen-bond acceptors (Lipinski definition) is 6. The average molecular weight is 739 g/mol. The minimum Gasteiger partial charge on any atom is -0.506 e. The second kappa shape index (κ2) is 11.0. The smallest absolute Gasteiger partial charge is 0.416 e. The fourth-order valence-electron chi connectivity index (χ4n) is 2.96. The summed E-state index contributed by atoms with van der Waals surface area (Å²) < 4.78 is 41.8. The molecule has 1 aromatic heterocycles. The average Bonchev–Trinajstić information content (AvgIpc) is 3.21. The van der Waals surface area contributed by atoms with E-state index in [4.69, 9.17) is 0 Å². The summed E-state index contributed by atoms with van der Waals surface area (Å²) in [6, 6.07) is 13.7. The lowest BCUT2D eigenvalue weighted by molar-refractivity contribution is -0.137. The van der Waals surface area contributed by atoms with Crippen molar-refractivity contribution in [1.29, 1.82) is 0 Å². The molecule has 5 nitrogen and oxygen atoms in total. The van der Waals surface area contributed by atoms with Crippen LogP contribution in [0.25, 0.3) is 10.2 Å². The highest BCUT2D eigenvalue weighted by atomic mass is 127. The van der Waals surface area contributed by atoms with E-state index in [0.29, 0.717) is 15.6 Å². The molecular formula is C23H14F3I2N3O2S2. The van der Waals surface area contributed by atoms with E-state index in [2.05, 4.69) is 60.5 Å². The number of nitrogens with one attached hydrogen (secondary N) is 1. The quantitative estimate of drug-likeness (QED) is 0.121. The van der Waals surface area contributed by atoms with E-state index in [1.807, 2.05) is 30.3 Å². The normalized spacial score (nSPS) is 11.9. The van der Waals surface area contributed by atoms with Gasteiger partial charge in [-0.3, -0.25) is 9.79 Å². The fourth-order valence-corrected chi connectivity index (χ4v) is 6.75. The second-order valence-corrected chi connectivity index (χ2v) is 11.8. The summed E-state index contributed by atoms with van der Waals surface area (Å²) >= 11 is 6.84. The highest BCUT2D eigenvalue weighted by Crippen LogP contribution is 2.33. The SMILES string of the molecule is O=C(CSc1nc2ccc(N=Cc3cc(I)cc(I)c3O)cc2s1)Nc1cccc(C(F)(F)F)c1. The van der Waals surface area contributed by atoms with Crippen LogP contribution in [0.1, 0.15) is 11.1 Å². The minimum absolute atomic E-state index is 0.00559. The highest BCUT2D eigenvalue weighted by molar-refractivity contribution is 14.1. The summed E-state index contributed by atoms with van der Waals surface area (Å²) in [5.74, 6) is -0.243. The van der Waals surface area contributed by atoms with Gasteiger partial charge in [-0.1, -0.05) is 17.8 Å². The molecule has 4 aromatic rings. The molecule has 0 spiro atoms. The third-order valence-corrected chi connectivity index (χ3v) is 8.17. The molecule has 0 atom stereocenters. The number of aromatic hydroxyl groups is 1. The van der Waals surface area contributed by atoms with E-state index in [1.165, 1.54) is 35.2 Å². The molecule has 0 saturated carbocycles. The molecule has 0 unspecified atom stereocenters. The zero-order valence-electron chi connectivity index (χ0n) is 17.4. The van der Waals surface area contributed by atoms with Gasteiger partial charge in [0, 0.05) is 21.0 Å². The van der Waals surface area contributed by atoms with Crippen LogP contribution in [-0.4, -0.2) is 28.0 Å². The van der Waals surface area contributed by atoms with Crippen LogP contribution in [0.15, 0.2) is 63.9 Å². The van der Waals surface area contributed by atoms with Crippen LogP contribution in [0.4, 0.5) is 24.5 Å². The Kier molecular flexibility index (Phi) is 8.23. The van der Waals surface area contributed by atoms with Gasteiger partial charge in [0.05, 0.1) is 30.8 Å². The van der Waals surface area contributed by atoms with Crippen molar-refractivity contribution in [3.63, 3.8) is 0 Å². The Morgan fingerprint density at radius 2 is 1.97 bits per heavy atom. The number of anilines is 1. The molecule has 2 N–H and O–H groups in total. The number of amides is 1. The Bertz CT molecular complexity index is 1440. The number of carbonyl (C=O) groups excluding carboxylic acids is 1. The topological polar surface area (TPSA) is 74.6 Å². The summed E-state index contributed by atoms with van der Waals surface area (Å²) in [4.78, 5) is 21.2. The van der Waals surface area contributed by atoms with Gasteiger partial charge in [0.15, 0.2) is 4.34 Å². The van der Waals surface area contributed by atoms with Crippen molar-refractivity contribution in [2.24, 2.45) is 4.99 Å². The lowest BCUT2D eigenvalue weighted by Crippen LogP contribution is -2.14. The first-order chi connectivity index (χ1) is 16.6. The molecule has 0 radical (unpaired) electrons. The second-order valence-electron chi connectivity index (χ2n) is 7.13. The highest BCUT2D eigenvalue weighted by Gasteiger charge is 2.30. The number of halogens is 5. The predicted molar refractivity (Wildman–Crippen MR) is 151 cm³/mol. The van der Waals surface area contributed by atoms with Crippen LogP contribution in [0.2, 0.25) is 0 Å². The monoisotopic (exact) mass is 739 g/mol. The largest absolute Gasteiger partial charge is 0.506 e. The molecule has 1 amide bonds. The summed E-state index contributed by atoms with van der Waals surface area (Å²) in [5, 5.41) is 12.7. The van der Waals surface area contributed by atoms with Gasteiger partial charge in [0.25, 0.3) is 0 Å². The van der Waals surface area contributed by atoms with Gasteiger partial charge in [0.1, 0.15) is 5.75 Å². The maximum absolute atomic E-state index is 12.8. The van der Waals surface area contributed by atoms with Crippen molar-refractivity contribution in [2.75, 3.05) is 11.1 Å². The third-order valence-electron chi connectivity index (χ3n) is 4.56. The van der Waals surface area contributed by atoms with Crippen LogP contribution in [-0.2, 0) is 11.0 Å². The zero-order valence-corrected chi connectivity index (χ0v) is 23.4. The van der Waals surface area contributed by atoms with Crippen molar-refractivity contribution < 1.29 is 23.1 Å². The van der Waals surface area contributed by atoms with Crippen molar-refractivity contribution in [2.45, 2.75) is 10.5 Å². The molecule has 0 saturated heterocycles. The molecule has 12 heteroatoms. The lowest BCUT2D eigenvalue weighted by atomic mass is 10.2. The number of fused-ring (bicyclic) bond motifs is 1.